The average molecular weight is 573 g/mol. The largest absolute Gasteiger partial charge is 0.493 e. The van der Waals surface area contributed by atoms with Gasteiger partial charge in [-0.05, 0) is 24.3 Å². The molecule has 2 aromatic heterocycles. The summed E-state index contributed by atoms with van der Waals surface area (Å²) in [6.45, 7) is 3.82. The third-order valence-corrected chi connectivity index (χ3v) is 5.78. The first kappa shape index (κ1) is 25.3. The van der Waals surface area contributed by atoms with E-state index in [1.54, 1.807) is 24.3 Å². The molecule has 0 N–H and O–H groups in total. The van der Waals surface area contributed by atoms with Crippen molar-refractivity contribution < 1.29 is 14.4 Å². The van der Waals surface area contributed by atoms with Crippen molar-refractivity contribution >= 4 is 50.3 Å². The quantitative estimate of drug-likeness (QED) is 0.153. The number of fused-ring (bicyclic) bond motifs is 1. The van der Waals surface area contributed by atoms with Crippen molar-refractivity contribution in [3.05, 3.63) is 90.0 Å². The van der Waals surface area contributed by atoms with E-state index in [1.165, 1.54) is 30.1 Å². The molecule has 0 radical (unpaired) electrons. The number of methoxy groups -OCH3 is 1. The SMILES string of the molecule is COc1cc(Cl)cc(C=Nn2c(C(C)C)nc3ccc(Br)cc3c2=O)c1Oc1ccc([N+](=O)[O-])cn1. The molecular formula is C24H19BrClN5O5. The predicted octanol–water partition coefficient (Wildman–Crippen LogP) is 5.92. The lowest BCUT2D eigenvalue weighted by Gasteiger charge is -2.14. The molecule has 0 saturated carbocycles. The van der Waals surface area contributed by atoms with Gasteiger partial charge in [0.1, 0.15) is 12.0 Å². The van der Waals surface area contributed by atoms with Crippen molar-refractivity contribution in [2.45, 2.75) is 19.8 Å². The Kier molecular flexibility index (Phi) is 7.32. The summed E-state index contributed by atoms with van der Waals surface area (Å²) in [4.78, 5) is 32.3. The Morgan fingerprint density at radius 2 is 2.00 bits per heavy atom. The Balaban J connectivity index is 1.83. The Bertz CT molecular complexity index is 1550. The third-order valence-electron chi connectivity index (χ3n) is 5.07. The fraction of sp³-hybridized carbons (Fsp3) is 0.167. The Morgan fingerprint density at radius 3 is 2.64 bits per heavy atom. The molecule has 0 atom stereocenters. The molecule has 2 aromatic carbocycles. The first-order chi connectivity index (χ1) is 17.2. The van der Waals surface area contributed by atoms with Gasteiger partial charge in [-0.1, -0.05) is 41.4 Å². The van der Waals surface area contributed by atoms with Crippen molar-refractivity contribution in [1.29, 1.82) is 0 Å². The van der Waals surface area contributed by atoms with E-state index in [1.807, 2.05) is 19.9 Å². The van der Waals surface area contributed by atoms with Gasteiger partial charge >= 0.3 is 0 Å². The van der Waals surface area contributed by atoms with Crippen LogP contribution in [0.4, 0.5) is 5.69 Å². The molecule has 0 saturated heterocycles. The lowest BCUT2D eigenvalue weighted by Crippen LogP contribution is -2.23. The van der Waals surface area contributed by atoms with Gasteiger partial charge < -0.3 is 9.47 Å². The Labute approximate surface area is 218 Å². The van der Waals surface area contributed by atoms with Crippen molar-refractivity contribution in [3.8, 4) is 17.4 Å². The van der Waals surface area contributed by atoms with Crippen LogP contribution in [0.15, 0.2) is 63.0 Å². The molecule has 0 aliphatic rings. The van der Waals surface area contributed by atoms with Gasteiger partial charge in [-0.3, -0.25) is 14.9 Å². The van der Waals surface area contributed by atoms with Gasteiger partial charge in [-0.2, -0.15) is 9.78 Å². The maximum atomic E-state index is 13.3. The zero-order valence-electron chi connectivity index (χ0n) is 19.3. The molecule has 4 rings (SSSR count). The van der Waals surface area contributed by atoms with E-state index in [-0.39, 0.29) is 34.5 Å². The van der Waals surface area contributed by atoms with E-state index in [9.17, 15) is 14.9 Å². The number of ether oxygens (including phenoxy) is 2. The molecule has 184 valence electrons. The molecular weight excluding hydrogens is 554 g/mol. The van der Waals surface area contributed by atoms with E-state index in [4.69, 9.17) is 21.1 Å². The number of pyridine rings is 1. The number of hydrogen-bond acceptors (Lipinski definition) is 8. The Morgan fingerprint density at radius 1 is 1.22 bits per heavy atom. The van der Waals surface area contributed by atoms with Crippen LogP contribution in [0.25, 0.3) is 10.9 Å². The summed E-state index contributed by atoms with van der Waals surface area (Å²) >= 11 is 9.66. The van der Waals surface area contributed by atoms with Crippen LogP contribution in [0.3, 0.4) is 0 Å². The zero-order chi connectivity index (χ0) is 26.0. The van der Waals surface area contributed by atoms with Crippen molar-refractivity contribution in [3.63, 3.8) is 0 Å². The molecule has 0 amide bonds. The molecule has 12 heteroatoms. The van der Waals surface area contributed by atoms with E-state index >= 15 is 0 Å². The van der Waals surface area contributed by atoms with E-state index in [2.05, 4.69) is 31.0 Å². The molecule has 0 aliphatic carbocycles. The van der Waals surface area contributed by atoms with Crippen LogP contribution in [0.2, 0.25) is 5.02 Å². The van der Waals surface area contributed by atoms with Crippen LogP contribution < -0.4 is 15.0 Å². The molecule has 4 aromatic rings. The minimum atomic E-state index is -0.558. The Hall–Kier alpha value is -3.83. The van der Waals surface area contributed by atoms with Gasteiger partial charge in [0.05, 0.1) is 29.2 Å². The number of aromatic nitrogens is 3. The second kappa shape index (κ2) is 10.4. The molecule has 0 fully saturated rings. The van der Waals surface area contributed by atoms with E-state index in [0.717, 1.165) is 10.7 Å². The molecule has 10 nitrogen and oxygen atoms in total. The van der Waals surface area contributed by atoms with Crippen LogP contribution in [-0.2, 0) is 0 Å². The molecule has 0 spiro atoms. The molecule has 0 aliphatic heterocycles. The highest BCUT2D eigenvalue weighted by molar-refractivity contribution is 9.10. The first-order valence-electron chi connectivity index (χ1n) is 10.6. The maximum absolute atomic E-state index is 13.3. The van der Waals surface area contributed by atoms with Gasteiger partial charge in [0.15, 0.2) is 11.5 Å². The number of nitrogens with zero attached hydrogens (tertiary/aromatic N) is 5. The molecule has 0 unspecified atom stereocenters. The number of rotatable bonds is 7. The minimum absolute atomic E-state index is 0.0909. The molecule has 36 heavy (non-hydrogen) atoms. The second-order valence-electron chi connectivity index (χ2n) is 7.89. The fourth-order valence-corrected chi connectivity index (χ4v) is 3.94. The number of benzene rings is 2. The van der Waals surface area contributed by atoms with Gasteiger partial charge in [-0.15, -0.1) is 0 Å². The number of hydrogen-bond donors (Lipinski definition) is 0. The maximum Gasteiger partial charge on any atom is 0.287 e. The average Bonchev–Trinajstić information content (AvgIpc) is 2.85. The minimum Gasteiger partial charge on any atom is -0.493 e. The third kappa shape index (κ3) is 5.21. The summed E-state index contributed by atoms with van der Waals surface area (Å²) in [5.74, 6) is 0.952. The van der Waals surface area contributed by atoms with Crippen molar-refractivity contribution in [2.75, 3.05) is 7.11 Å². The van der Waals surface area contributed by atoms with E-state index < -0.39 is 4.92 Å². The van der Waals surface area contributed by atoms with Crippen molar-refractivity contribution in [2.24, 2.45) is 5.10 Å². The monoisotopic (exact) mass is 571 g/mol. The molecule has 2 heterocycles. The van der Waals surface area contributed by atoms with Gasteiger partial charge in [0.2, 0.25) is 5.88 Å². The number of nitro groups is 1. The van der Waals surface area contributed by atoms with E-state index in [0.29, 0.717) is 27.3 Å². The fourth-order valence-electron chi connectivity index (χ4n) is 3.36. The summed E-state index contributed by atoms with van der Waals surface area (Å²) in [5, 5.41) is 16.1. The lowest BCUT2D eigenvalue weighted by molar-refractivity contribution is -0.385. The standard InChI is InChI=1S/C24H19BrClN5O5/c1-13(2)23-29-19-6-4-15(25)9-18(19)24(32)30(23)28-11-14-8-16(26)10-20(35-3)22(14)36-21-7-5-17(12-27-21)31(33)34/h4-13H,1-3H3. The van der Waals surface area contributed by atoms with Crippen LogP contribution in [0.1, 0.15) is 31.2 Å². The summed E-state index contributed by atoms with van der Waals surface area (Å²) in [7, 11) is 1.44. The summed E-state index contributed by atoms with van der Waals surface area (Å²) < 4.78 is 13.3. The highest BCUT2D eigenvalue weighted by Gasteiger charge is 2.17. The lowest BCUT2D eigenvalue weighted by atomic mass is 10.2. The zero-order valence-corrected chi connectivity index (χ0v) is 21.6. The van der Waals surface area contributed by atoms with Crippen LogP contribution >= 0.6 is 27.5 Å². The van der Waals surface area contributed by atoms with Crippen LogP contribution in [0.5, 0.6) is 17.4 Å². The topological polar surface area (TPSA) is 122 Å². The summed E-state index contributed by atoms with van der Waals surface area (Å²) in [5.41, 5.74) is 0.435. The highest BCUT2D eigenvalue weighted by atomic mass is 79.9. The van der Waals surface area contributed by atoms with Gasteiger partial charge in [-0.25, -0.2) is 9.97 Å². The molecule has 0 bridgehead atoms. The summed E-state index contributed by atoms with van der Waals surface area (Å²) in [6, 6.07) is 11.0. The van der Waals surface area contributed by atoms with Crippen molar-refractivity contribution in [1.82, 2.24) is 14.6 Å². The normalized spacial score (nSPS) is 11.4. The smallest absolute Gasteiger partial charge is 0.287 e. The number of halogens is 2. The van der Waals surface area contributed by atoms with Gasteiger partial charge in [0, 0.05) is 39.2 Å². The van der Waals surface area contributed by atoms with Crippen LogP contribution in [0, 0.1) is 10.1 Å². The second-order valence-corrected chi connectivity index (χ2v) is 9.24. The highest BCUT2D eigenvalue weighted by Crippen LogP contribution is 2.37. The first-order valence-corrected chi connectivity index (χ1v) is 11.8. The van der Waals surface area contributed by atoms with Crippen LogP contribution in [-0.4, -0.2) is 32.9 Å². The predicted molar refractivity (Wildman–Crippen MR) is 140 cm³/mol. The van der Waals surface area contributed by atoms with Gasteiger partial charge in [0.25, 0.3) is 11.2 Å². The summed E-state index contributed by atoms with van der Waals surface area (Å²) in [6.07, 6.45) is 2.49.